The molecule has 0 atom stereocenters. The molecular weight excluding hydrogens is 260 g/mol. The third-order valence-electron chi connectivity index (χ3n) is 2.87. The van der Waals surface area contributed by atoms with E-state index in [4.69, 9.17) is 9.84 Å². The van der Waals surface area contributed by atoms with E-state index in [1.165, 1.54) is 22.9 Å². The summed E-state index contributed by atoms with van der Waals surface area (Å²) in [5.74, 6) is -0.650. The summed E-state index contributed by atoms with van der Waals surface area (Å²) in [4.78, 5) is 26.8. The van der Waals surface area contributed by atoms with Crippen LogP contribution in [0.3, 0.4) is 0 Å². The van der Waals surface area contributed by atoms with Gasteiger partial charge in [-0.15, -0.1) is 0 Å². The molecule has 0 radical (unpaired) electrons. The number of carbonyl (C=O) groups is 1. The molecule has 1 N–H and O–H groups in total. The van der Waals surface area contributed by atoms with Crippen molar-refractivity contribution in [2.45, 2.75) is 20.4 Å². The van der Waals surface area contributed by atoms with E-state index in [1.807, 2.05) is 6.92 Å². The van der Waals surface area contributed by atoms with Crippen molar-refractivity contribution in [3.63, 3.8) is 0 Å². The van der Waals surface area contributed by atoms with E-state index in [-0.39, 0.29) is 17.0 Å². The summed E-state index contributed by atoms with van der Waals surface area (Å²) in [5.41, 5.74) is 0.432. The molecule has 104 valence electrons. The molecule has 0 aliphatic heterocycles. The second-order valence-corrected chi connectivity index (χ2v) is 4.21. The van der Waals surface area contributed by atoms with Gasteiger partial charge in [0.15, 0.2) is 0 Å². The molecular formula is C14H14N2O4. The molecule has 1 aromatic carbocycles. The minimum atomic E-state index is -1.000. The fourth-order valence-electron chi connectivity index (χ4n) is 1.80. The summed E-state index contributed by atoms with van der Waals surface area (Å²) in [7, 11) is 0. The Labute approximate surface area is 115 Å². The van der Waals surface area contributed by atoms with Gasteiger partial charge in [-0.3, -0.25) is 4.79 Å². The maximum atomic E-state index is 11.9. The highest BCUT2D eigenvalue weighted by Gasteiger charge is 2.10. The molecule has 0 aliphatic rings. The van der Waals surface area contributed by atoms with Crippen molar-refractivity contribution in [3.8, 4) is 11.6 Å². The molecule has 0 saturated heterocycles. The van der Waals surface area contributed by atoms with Crippen LogP contribution in [0.5, 0.6) is 11.6 Å². The van der Waals surface area contributed by atoms with Gasteiger partial charge in [0.05, 0.1) is 5.56 Å². The van der Waals surface area contributed by atoms with Crippen molar-refractivity contribution in [1.29, 1.82) is 0 Å². The fraction of sp³-hybridized carbons (Fsp3) is 0.214. The summed E-state index contributed by atoms with van der Waals surface area (Å²) >= 11 is 0. The van der Waals surface area contributed by atoms with E-state index >= 15 is 0 Å². The second kappa shape index (κ2) is 5.56. The van der Waals surface area contributed by atoms with E-state index in [1.54, 1.807) is 19.2 Å². The van der Waals surface area contributed by atoms with E-state index in [0.29, 0.717) is 17.9 Å². The first-order valence-electron chi connectivity index (χ1n) is 6.10. The Balaban J connectivity index is 2.34. The summed E-state index contributed by atoms with van der Waals surface area (Å²) in [5, 5.41) is 8.95. The van der Waals surface area contributed by atoms with E-state index in [0.717, 1.165) is 0 Å². The van der Waals surface area contributed by atoms with Gasteiger partial charge in [0.2, 0.25) is 0 Å². The van der Waals surface area contributed by atoms with E-state index in [9.17, 15) is 9.59 Å². The number of carboxylic acid groups (broad SMARTS) is 1. The van der Waals surface area contributed by atoms with Crippen LogP contribution in [-0.4, -0.2) is 20.6 Å². The third-order valence-corrected chi connectivity index (χ3v) is 2.87. The fourth-order valence-corrected chi connectivity index (χ4v) is 1.80. The number of aromatic nitrogens is 2. The Morgan fingerprint density at radius 2 is 2.20 bits per heavy atom. The van der Waals surface area contributed by atoms with Gasteiger partial charge >= 0.3 is 11.5 Å². The zero-order chi connectivity index (χ0) is 14.7. The maximum absolute atomic E-state index is 11.9. The zero-order valence-electron chi connectivity index (χ0n) is 11.2. The Morgan fingerprint density at radius 1 is 1.45 bits per heavy atom. The Kier molecular flexibility index (Phi) is 3.84. The number of aryl methyl sites for hydroxylation is 2. The lowest BCUT2D eigenvalue weighted by molar-refractivity contribution is 0.0696. The molecule has 0 unspecified atom stereocenters. The van der Waals surface area contributed by atoms with Gasteiger partial charge in [0.25, 0.3) is 5.88 Å². The molecule has 6 heteroatoms. The number of ether oxygens (including phenoxy) is 1. The minimum Gasteiger partial charge on any atom is -0.478 e. The highest BCUT2D eigenvalue weighted by Crippen LogP contribution is 2.20. The van der Waals surface area contributed by atoms with E-state index in [2.05, 4.69) is 4.98 Å². The molecule has 2 rings (SSSR count). The molecule has 6 nitrogen and oxygen atoms in total. The van der Waals surface area contributed by atoms with Gasteiger partial charge in [0.1, 0.15) is 5.75 Å². The maximum Gasteiger partial charge on any atom is 0.335 e. The van der Waals surface area contributed by atoms with Crippen LogP contribution in [0.4, 0.5) is 0 Å². The largest absolute Gasteiger partial charge is 0.478 e. The van der Waals surface area contributed by atoms with Crippen LogP contribution in [-0.2, 0) is 6.54 Å². The number of rotatable bonds is 4. The first-order valence-corrected chi connectivity index (χ1v) is 6.10. The lowest BCUT2D eigenvalue weighted by Gasteiger charge is -2.08. The van der Waals surface area contributed by atoms with Crippen LogP contribution < -0.4 is 10.3 Å². The van der Waals surface area contributed by atoms with Gasteiger partial charge in [-0.2, -0.15) is 0 Å². The van der Waals surface area contributed by atoms with Crippen molar-refractivity contribution < 1.29 is 14.6 Å². The third kappa shape index (κ3) is 2.69. The number of benzene rings is 1. The second-order valence-electron chi connectivity index (χ2n) is 4.21. The number of hydrogen-bond acceptors (Lipinski definition) is 4. The van der Waals surface area contributed by atoms with Crippen molar-refractivity contribution in [2.75, 3.05) is 0 Å². The molecule has 0 aliphatic carbocycles. The molecule has 0 amide bonds. The number of aromatic carboxylic acids is 1. The molecule has 0 fully saturated rings. The van der Waals surface area contributed by atoms with Gasteiger partial charge in [-0.25, -0.2) is 9.78 Å². The smallest absolute Gasteiger partial charge is 0.335 e. The highest BCUT2D eigenvalue weighted by atomic mass is 16.5. The van der Waals surface area contributed by atoms with Crippen molar-refractivity contribution in [1.82, 2.24) is 9.55 Å². The summed E-state index contributed by atoms with van der Waals surface area (Å²) in [6.07, 6.45) is 3.06. The number of hydrogen-bond donors (Lipinski definition) is 1. The number of nitrogens with zero attached hydrogens (tertiary/aromatic N) is 2. The Morgan fingerprint density at radius 3 is 2.80 bits per heavy atom. The summed E-state index contributed by atoms with van der Waals surface area (Å²) in [6, 6.07) is 4.50. The molecule has 0 bridgehead atoms. The van der Waals surface area contributed by atoms with E-state index < -0.39 is 5.97 Å². The Bertz CT molecular complexity index is 707. The van der Waals surface area contributed by atoms with Crippen molar-refractivity contribution >= 4 is 5.97 Å². The molecule has 1 heterocycles. The van der Waals surface area contributed by atoms with Crippen LogP contribution in [0, 0.1) is 6.92 Å². The number of carboxylic acids is 1. The van der Waals surface area contributed by atoms with Crippen LogP contribution in [0.1, 0.15) is 22.8 Å². The van der Waals surface area contributed by atoms with Crippen molar-refractivity contribution in [3.05, 3.63) is 52.1 Å². The summed E-state index contributed by atoms with van der Waals surface area (Å²) in [6.45, 7) is 4.03. The first-order chi connectivity index (χ1) is 9.52. The first kappa shape index (κ1) is 13.8. The van der Waals surface area contributed by atoms with Crippen LogP contribution in [0.25, 0.3) is 0 Å². The predicted octanol–water partition coefficient (Wildman–Crippen LogP) is 2.06. The summed E-state index contributed by atoms with van der Waals surface area (Å²) < 4.78 is 6.90. The Hall–Kier alpha value is -2.63. The van der Waals surface area contributed by atoms with Gasteiger partial charge in [-0.1, -0.05) is 0 Å². The topological polar surface area (TPSA) is 81.4 Å². The average molecular weight is 274 g/mol. The van der Waals surface area contributed by atoms with Gasteiger partial charge in [0, 0.05) is 18.9 Å². The highest BCUT2D eigenvalue weighted by molar-refractivity contribution is 5.89. The molecule has 2 aromatic rings. The van der Waals surface area contributed by atoms with Gasteiger partial charge in [-0.05, 0) is 37.6 Å². The zero-order valence-corrected chi connectivity index (χ0v) is 11.2. The standard InChI is InChI=1S/C14H14N2O4/c1-3-16-7-6-15-12(13(16)17)20-10-4-5-11(14(18)19)9(2)8-10/h4-8H,3H2,1-2H3,(H,18,19). The van der Waals surface area contributed by atoms with Crippen LogP contribution >= 0.6 is 0 Å². The van der Waals surface area contributed by atoms with Gasteiger partial charge < -0.3 is 14.4 Å². The molecule has 1 aromatic heterocycles. The average Bonchev–Trinajstić information content (AvgIpc) is 2.41. The van der Waals surface area contributed by atoms with Crippen LogP contribution in [0.2, 0.25) is 0 Å². The van der Waals surface area contributed by atoms with Crippen molar-refractivity contribution in [2.24, 2.45) is 0 Å². The normalized spacial score (nSPS) is 10.3. The lowest BCUT2D eigenvalue weighted by atomic mass is 10.1. The molecule has 20 heavy (non-hydrogen) atoms. The SMILES string of the molecule is CCn1ccnc(Oc2ccc(C(=O)O)c(C)c2)c1=O. The quantitative estimate of drug-likeness (QED) is 0.922. The monoisotopic (exact) mass is 274 g/mol. The lowest BCUT2D eigenvalue weighted by Crippen LogP contribution is -2.20. The van der Waals surface area contributed by atoms with Crippen LogP contribution in [0.15, 0.2) is 35.4 Å². The predicted molar refractivity (Wildman–Crippen MR) is 72.4 cm³/mol. The molecule has 0 saturated carbocycles. The molecule has 0 spiro atoms. The minimum absolute atomic E-state index is 0.0307.